The molecule has 0 bridgehead atoms. The van der Waals surface area contributed by atoms with Crippen molar-refractivity contribution in [3.63, 3.8) is 0 Å². The van der Waals surface area contributed by atoms with Crippen molar-refractivity contribution in [2.45, 2.75) is 10.8 Å². The van der Waals surface area contributed by atoms with Gasteiger partial charge in [-0.15, -0.1) is 11.3 Å². The number of fused-ring (bicyclic) bond motifs is 23. The molecule has 0 saturated heterocycles. The first-order valence-electron chi connectivity index (χ1n) is 22.4. The van der Waals surface area contributed by atoms with Gasteiger partial charge in [0.1, 0.15) is 0 Å². The molecule has 1 aromatic heterocycles. The summed E-state index contributed by atoms with van der Waals surface area (Å²) in [6, 6.07) is 85.1. The van der Waals surface area contributed by atoms with Gasteiger partial charge in [0.15, 0.2) is 0 Å². The van der Waals surface area contributed by atoms with Crippen LogP contribution in [0, 0.1) is 0 Å². The van der Waals surface area contributed by atoms with Crippen molar-refractivity contribution in [1.29, 1.82) is 0 Å². The van der Waals surface area contributed by atoms with E-state index in [1.807, 2.05) is 11.3 Å². The third-order valence-electron chi connectivity index (χ3n) is 15.1. The summed E-state index contributed by atoms with van der Waals surface area (Å²) in [5.74, 6) is 0. The second-order valence-corrected chi connectivity index (χ2v) is 18.8. The number of thiophene rings is 1. The van der Waals surface area contributed by atoms with Gasteiger partial charge in [0, 0.05) is 31.3 Å². The predicted octanol–water partition coefficient (Wildman–Crippen LogP) is 16.2. The number of hydrogen-bond acceptors (Lipinski definition) is 2. The summed E-state index contributed by atoms with van der Waals surface area (Å²) < 4.78 is 2.59. The molecule has 1 heterocycles. The minimum Gasteiger partial charge on any atom is -0.309 e. The molecule has 296 valence electrons. The van der Waals surface area contributed by atoms with Crippen molar-refractivity contribution in [2.24, 2.45) is 0 Å². The molecule has 1 nitrogen and oxygen atoms in total. The van der Waals surface area contributed by atoms with Crippen molar-refractivity contribution in [3.05, 3.63) is 269 Å². The summed E-state index contributed by atoms with van der Waals surface area (Å²) >= 11 is 1.88. The Labute approximate surface area is 375 Å². The molecule has 2 heteroatoms. The van der Waals surface area contributed by atoms with E-state index in [4.69, 9.17) is 0 Å². The lowest BCUT2D eigenvalue weighted by molar-refractivity contribution is 0.793. The highest BCUT2D eigenvalue weighted by atomic mass is 32.1. The Balaban J connectivity index is 1.10. The number of hydrogen-bond donors (Lipinski definition) is 0. The largest absolute Gasteiger partial charge is 0.309 e. The molecule has 0 fully saturated rings. The lowest BCUT2D eigenvalue weighted by Crippen LogP contribution is -2.26. The third kappa shape index (κ3) is 4.03. The van der Waals surface area contributed by atoms with Crippen LogP contribution in [0.1, 0.15) is 44.5 Å². The molecule has 11 aromatic rings. The van der Waals surface area contributed by atoms with E-state index in [1.165, 1.54) is 126 Å². The van der Waals surface area contributed by atoms with Crippen LogP contribution in [0.3, 0.4) is 0 Å². The molecule has 0 unspecified atom stereocenters. The van der Waals surface area contributed by atoms with Crippen LogP contribution in [-0.4, -0.2) is 0 Å². The molecule has 0 aliphatic heterocycles. The minimum absolute atomic E-state index is 0.464. The normalized spacial score (nSPS) is 14.5. The second-order valence-electron chi connectivity index (χ2n) is 17.8. The van der Waals surface area contributed by atoms with Crippen LogP contribution in [0.5, 0.6) is 0 Å². The second kappa shape index (κ2) is 12.4. The molecule has 0 radical (unpaired) electrons. The zero-order valence-electron chi connectivity index (χ0n) is 34.7. The number of benzene rings is 10. The Morgan fingerprint density at radius 1 is 0.266 bits per heavy atom. The van der Waals surface area contributed by atoms with E-state index in [9.17, 15) is 0 Å². The molecule has 64 heavy (non-hydrogen) atoms. The van der Waals surface area contributed by atoms with Crippen LogP contribution in [0.25, 0.3) is 64.7 Å². The molecule has 4 aliphatic carbocycles. The zero-order valence-corrected chi connectivity index (χ0v) is 35.5. The maximum atomic E-state index is 2.66. The van der Waals surface area contributed by atoms with Crippen LogP contribution >= 0.6 is 11.3 Å². The fourth-order valence-corrected chi connectivity index (χ4v) is 14.1. The first-order valence-corrected chi connectivity index (χ1v) is 23.2. The van der Waals surface area contributed by atoms with Gasteiger partial charge < -0.3 is 4.90 Å². The van der Waals surface area contributed by atoms with Gasteiger partial charge in [0.05, 0.1) is 27.9 Å². The molecular weight excluding hydrogens is 791 g/mol. The summed E-state index contributed by atoms with van der Waals surface area (Å²) in [6.07, 6.45) is 0. The molecule has 0 atom stereocenters. The topological polar surface area (TPSA) is 3.24 Å². The highest BCUT2D eigenvalue weighted by Gasteiger charge is 2.54. The maximum absolute atomic E-state index is 2.66. The Hall–Kier alpha value is -7.78. The van der Waals surface area contributed by atoms with Gasteiger partial charge in [-0.2, -0.15) is 0 Å². The average molecular weight is 828 g/mol. The van der Waals surface area contributed by atoms with E-state index in [-0.39, 0.29) is 0 Å². The van der Waals surface area contributed by atoms with Crippen molar-refractivity contribution < 1.29 is 0 Å². The van der Waals surface area contributed by atoms with Gasteiger partial charge in [-0.25, -0.2) is 0 Å². The Kier molecular flexibility index (Phi) is 6.76. The van der Waals surface area contributed by atoms with Gasteiger partial charge >= 0.3 is 0 Å². The van der Waals surface area contributed by atoms with Crippen LogP contribution in [-0.2, 0) is 10.8 Å². The first kappa shape index (κ1) is 34.8. The maximum Gasteiger partial charge on any atom is 0.0726 e. The van der Waals surface area contributed by atoms with Crippen LogP contribution in [0.4, 0.5) is 17.1 Å². The monoisotopic (exact) mass is 827 g/mol. The fourth-order valence-electron chi connectivity index (χ4n) is 13.0. The van der Waals surface area contributed by atoms with Crippen LogP contribution in [0.2, 0.25) is 0 Å². The van der Waals surface area contributed by atoms with E-state index < -0.39 is 10.8 Å². The van der Waals surface area contributed by atoms with Gasteiger partial charge in [0.25, 0.3) is 0 Å². The van der Waals surface area contributed by atoms with Gasteiger partial charge in [-0.1, -0.05) is 194 Å². The van der Waals surface area contributed by atoms with E-state index >= 15 is 0 Å². The average Bonchev–Trinajstić information content (AvgIpc) is 4.13. The van der Waals surface area contributed by atoms with Gasteiger partial charge in [-0.05, 0) is 108 Å². The highest BCUT2D eigenvalue weighted by molar-refractivity contribution is 7.26. The lowest BCUT2D eigenvalue weighted by Gasteiger charge is -2.33. The smallest absolute Gasteiger partial charge is 0.0726 e. The minimum atomic E-state index is -0.464. The summed E-state index contributed by atoms with van der Waals surface area (Å²) in [5, 5.41) is 2.57. The zero-order chi connectivity index (χ0) is 41.7. The fraction of sp³-hybridized carbons (Fsp3) is 0.0323. The van der Waals surface area contributed by atoms with Crippen LogP contribution in [0.15, 0.2) is 224 Å². The summed E-state index contributed by atoms with van der Waals surface area (Å²) in [7, 11) is 0. The van der Waals surface area contributed by atoms with Crippen molar-refractivity contribution >= 4 is 48.6 Å². The van der Waals surface area contributed by atoms with Gasteiger partial charge in [-0.3, -0.25) is 0 Å². The number of anilines is 3. The summed E-state index contributed by atoms with van der Waals surface area (Å²) in [5.41, 5.74) is 23.8. The molecule has 0 saturated carbocycles. The molecule has 0 N–H and O–H groups in total. The van der Waals surface area contributed by atoms with Crippen molar-refractivity contribution in [2.75, 3.05) is 4.90 Å². The Morgan fingerprint density at radius 3 is 1.06 bits per heavy atom. The van der Waals surface area contributed by atoms with E-state index in [2.05, 4.69) is 229 Å². The molecule has 2 spiro atoms. The van der Waals surface area contributed by atoms with Crippen LogP contribution < -0.4 is 4.90 Å². The predicted molar refractivity (Wildman–Crippen MR) is 267 cm³/mol. The Bertz CT molecular complexity index is 3540. The lowest BCUT2D eigenvalue weighted by atomic mass is 9.70. The first-order chi connectivity index (χ1) is 31.8. The Morgan fingerprint density at radius 2 is 0.594 bits per heavy atom. The van der Waals surface area contributed by atoms with Gasteiger partial charge in [0.2, 0.25) is 0 Å². The molecule has 10 aromatic carbocycles. The van der Waals surface area contributed by atoms with E-state index in [0.29, 0.717) is 0 Å². The van der Waals surface area contributed by atoms with Crippen molar-refractivity contribution in [3.8, 4) is 44.5 Å². The molecule has 4 aliphatic rings. The standard InChI is InChI=1S/C62H37NS/c1-8-25-45-38(18-1)39-19-2-9-26-46(39)61(45)49-29-12-5-22-42(49)58-51(61)31-15-33-53(58)63(55-35-17-37-57-60(55)44-24-7-14-36-56(44)64-57)54-34-16-32-52-59(54)43-23-6-13-30-50(43)62(52)47-27-10-3-20-40(47)41-21-4-11-28-48(41)62/h1-37H. The molecule has 15 rings (SSSR count). The van der Waals surface area contributed by atoms with Crippen molar-refractivity contribution in [1.82, 2.24) is 0 Å². The third-order valence-corrected chi connectivity index (χ3v) is 16.2. The summed E-state index contributed by atoms with van der Waals surface area (Å²) in [6.45, 7) is 0. The van der Waals surface area contributed by atoms with E-state index in [1.54, 1.807) is 0 Å². The summed E-state index contributed by atoms with van der Waals surface area (Å²) in [4.78, 5) is 2.66. The number of nitrogens with zero attached hydrogens (tertiary/aromatic N) is 1. The molecular formula is C62H37NS. The highest BCUT2D eigenvalue weighted by Crippen LogP contribution is 2.68. The van der Waals surface area contributed by atoms with E-state index in [0.717, 1.165) is 0 Å². The SMILES string of the molecule is c1ccc2c(c1)-c1ccccc1C21c2ccccc2-c2c(N(c3cccc4c3-c3ccccc3C43c4ccccc4-c4ccccc43)c3cccc4sc5ccccc5c34)cccc21. The number of rotatable bonds is 3. The quantitative estimate of drug-likeness (QED) is 0.171. The molecule has 0 amide bonds.